The fourth-order valence-electron chi connectivity index (χ4n) is 0.848. The molecule has 1 heterocycles. The molecule has 0 amide bonds. The molecule has 0 spiro atoms. The van der Waals surface area contributed by atoms with E-state index < -0.39 is 0 Å². The molecule has 1 nitrogen and oxygen atoms in total. The fraction of sp³-hybridized carbons (Fsp3) is 0.500. The monoisotopic (exact) mass is 122 g/mol. The summed E-state index contributed by atoms with van der Waals surface area (Å²) in [5.74, 6) is 2.57. The second-order valence-corrected chi connectivity index (χ2v) is 2.24. The number of hydrogen-bond acceptors (Lipinski definition) is 1. The van der Waals surface area contributed by atoms with Crippen LogP contribution in [-0.2, 0) is 4.74 Å². The Labute approximate surface area is 55.7 Å². The van der Waals surface area contributed by atoms with Crippen LogP contribution in [0.5, 0.6) is 0 Å². The van der Waals surface area contributed by atoms with E-state index in [0.29, 0.717) is 6.61 Å². The summed E-state index contributed by atoms with van der Waals surface area (Å²) in [6, 6.07) is 0. The van der Waals surface area contributed by atoms with Crippen LogP contribution in [0.2, 0.25) is 0 Å². The Balaban J connectivity index is 2.51. The predicted molar refractivity (Wildman–Crippen MR) is 36.9 cm³/mol. The van der Waals surface area contributed by atoms with Crippen molar-refractivity contribution in [2.75, 3.05) is 6.61 Å². The Morgan fingerprint density at radius 2 is 2.67 bits per heavy atom. The summed E-state index contributed by atoms with van der Waals surface area (Å²) in [6.07, 6.45) is 8.15. The van der Waals surface area contributed by atoms with Gasteiger partial charge < -0.3 is 4.74 Å². The molecule has 1 heteroatoms. The lowest BCUT2D eigenvalue weighted by Crippen LogP contribution is -2.15. The average Bonchev–Trinajstić information content (AvgIpc) is 1.88. The van der Waals surface area contributed by atoms with Gasteiger partial charge in [0.2, 0.25) is 0 Å². The molecule has 0 bridgehead atoms. The number of ether oxygens (including phenoxy) is 1. The third-order valence-electron chi connectivity index (χ3n) is 1.42. The van der Waals surface area contributed by atoms with Gasteiger partial charge in [-0.2, -0.15) is 0 Å². The van der Waals surface area contributed by atoms with Gasteiger partial charge in [-0.05, 0) is 6.92 Å². The van der Waals surface area contributed by atoms with Gasteiger partial charge in [-0.15, -0.1) is 6.42 Å². The highest BCUT2D eigenvalue weighted by molar-refractivity contribution is 5.10. The lowest BCUT2D eigenvalue weighted by Gasteiger charge is -2.15. The van der Waals surface area contributed by atoms with Gasteiger partial charge in [0.15, 0.2) is 0 Å². The second kappa shape index (κ2) is 2.70. The molecule has 1 rings (SSSR count). The molecule has 0 aromatic heterocycles. The molecule has 9 heavy (non-hydrogen) atoms. The third kappa shape index (κ3) is 1.58. The third-order valence-corrected chi connectivity index (χ3v) is 1.42. The first-order valence-electron chi connectivity index (χ1n) is 3.06. The van der Waals surface area contributed by atoms with Crippen molar-refractivity contribution >= 4 is 0 Å². The van der Waals surface area contributed by atoms with Crippen LogP contribution in [0.3, 0.4) is 0 Å². The molecule has 1 aliphatic rings. The smallest absolute Gasteiger partial charge is 0.122 e. The van der Waals surface area contributed by atoms with Gasteiger partial charge in [0.05, 0.1) is 6.61 Å². The molecule has 0 saturated heterocycles. The van der Waals surface area contributed by atoms with Crippen molar-refractivity contribution in [2.45, 2.75) is 19.4 Å². The van der Waals surface area contributed by atoms with Crippen molar-refractivity contribution in [2.24, 2.45) is 0 Å². The number of rotatable bonds is 0. The van der Waals surface area contributed by atoms with Crippen molar-refractivity contribution in [3.05, 3.63) is 11.6 Å². The molecule has 0 aromatic rings. The standard InChI is InChI=1S/C8H10O/c1-3-8-6-7(2)4-5-9-8/h1,4,8H,5-6H2,2H3/t8-/m1/s1. The number of hydrogen-bond donors (Lipinski definition) is 0. The topological polar surface area (TPSA) is 9.23 Å². The zero-order valence-corrected chi connectivity index (χ0v) is 5.55. The Kier molecular flexibility index (Phi) is 1.92. The highest BCUT2D eigenvalue weighted by Crippen LogP contribution is 2.12. The first kappa shape index (κ1) is 6.38. The van der Waals surface area contributed by atoms with Crippen LogP contribution in [0.15, 0.2) is 11.6 Å². The zero-order valence-electron chi connectivity index (χ0n) is 5.55. The Morgan fingerprint density at radius 1 is 1.89 bits per heavy atom. The van der Waals surface area contributed by atoms with Crippen LogP contribution in [0.1, 0.15) is 13.3 Å². The lowest BCUT2D eigenvalue weighted by molar-refractivity contribution is 0.106. The van der Waals surface area contributed by atoms with Gasteiger partial charge in [-0.3, -0.25) is 0 Å². The largest absolute Gasteiger partial charge is 0.361 e. The molecule has 0 fully saturated rings. The van der Waals surface area contributed by atoms with E-state index in [2.05, 4.69) is 18.9 Å². The van der Waals surface area contributed by atoms with E-state index in [0.717, 1.165) is 6.42 Å². The molecule has 1 aliphatic heterocycles. The molecule has 0 saturated carbocycles. The summed E-state index contributed by atoms with van der Waals surface area (Å²) in [6.45, 7) is 2.76. The zero-order chi connectivity index (χ0) is 6.69. The van der Waals surface area contributed by atoms with E-state index in [1.54, 1.807) is 0 Å². The Bertz CT molecular complexity index is 162. The highest BCUT2D eigenvalue weighted by Gasteiger charge is 2.08. The normalized spacial score (nSPS) is 26.7. The van der Waals surface area contributed by atoms with Crippen LogP contribution in [-0.4, -0.2) is 12.7 Å². The summed E-state index contributed by atoms with van der Waals surface area (Å²) >= 11 is 0. The molecule has 1 atom stereocenters. The maximum Gasteiger partial charge on any atom is 0.122 e. The van der Waals surface area contributed by atoms with E-state index in [4.69, 9.17) is 11.2 Å². The lowest BCUT2D eigenvalue weighted by atomic mass is 10.1. The van der Waals surface area contributed by atoms with Crippen molar-refractivity contribution in [3.8, 4) is 12.3 Å². The average molecular weight is 122 g/mol. The van der Waals surface area contributed by atoms with Gasteiger partial charge >= 0.3 is 0 Å². The molecular formula is C8H10O. The quantitative estimate of drug-likeness (QED) is 0.348. The summed E-state index contributed by atoms with van der Waals surface area (Å²) in [5, 5.41) is 0. The minimum atomic E-state index is 0.0231. The Morgan fingerprint density at radius 3 is 3.11 bits per heavy atom. The number of terminal acetylenes is 1. The summed E-state index contributed by atoms with van der Waals surface area (Å²) in [4.78, 5) is 0. The van der Waals surface area contributed by atoms with Crippen LogP contribution < -0.4 is 0 Å². The molecule has 0 aliphatic carbocycles. The summed E-state index contributed by atoms with van der Waals surface area (Å²) in [7, 11) is 0. The van der Waals surface area contributed by atoms with Crippen molar-refractivity contribution in [3.63, 3.8) is 0 Å². The SMILES string of the molecule is C#C[C@@H]1CC(C)=CCO1. The maximum absolute atomic E-state index is 5.18. The molecule has 0 unspecified atom stereocenters. The van der Waals surface area contributed by atoms with E-state index in [1.165, 1.54) is 5.57 Å². The van der Waals surface area contributed by atoms with E-state index in [-0.39, 0.29) is 6.10 Å². The second-order valence-electron chi connectivity index (χ2n) is 2.24. The van der Waals surface area contributed by atoms with Gasteiger partial charge in [-0.1, -0.05) is 17.6 Å². The first-order chi connectivity index (χ1) is 4.33. The molecule has 0 aromatic carbocycles. The van der Waals surface area contributed by atoms with Crippen LogP contribution in [0, 0.1) is 12.3 Å². The highest BCUT2D eigenvalue weighted by atomic mass is 16.5. The van der Waals surface area contributed by atoms with Crippen LogP contribution in [0.25, 0.3) is 0 Å². The molecule has 48 valence electrons. The summed E-state index contributed by atoms with van der Waals surface area (Å²) in [5.41, 5.74) is 1.34. The van der Waals surface area contributed by atoms with E-state index in [1.807, 2.05) is 0 Å². The van der Waals surface area contributed by atoms with Crippen molar-refractivity contribution in [1.82, 2.24) is 0 Å². The molecule has 0 radical (unpaired) electrons. The minimum absolute atomic E-state index is 0.0231. The van der Waals surface area contributed by atoms with Crippen molar-refractivity contribution < 1.29 is 4.74 Å². The maximum atomic E-state index is 5.18. The van der Waals surface area contributed by atoms with Crippen molar-refractivity contribution in [1.29, 1.82) is 0 Å². The Hall–Kier alpha value is -0.740. The van der Waals surface area contributed by atoms with Gasteiger partial charge in [0, 0.05) is 6.42 Å². The van der Waals surface area contributed by atoms with Gasteiger partial charge in [-0.25, -0.2) is 0 Å². The minimum Gasteiger partial charge on any atom is -0.361 e. The molecular weight excluding hydrogens is 112 g/mol. The fourth-order valence-corrected chi connectivity index (χ4v) is 0.848. The van der Waals surface area contributed by atoms with Gasteiger partial charge in [0.25, 0.3) is 0 Å². The first-order valence-corrected chi connectivity index (χ1v) is 3.06. The molecule has 0 N–H and O–H groups in total. The van der Waals surface area contributed by atoms with Crippen LogP contribution in [0.4, 0.5) is 0 Å². The van der Waals surface area contributed by atoms with E-state index in [9.17, 15) is 0 Å². The summed E-state index contributed by atoms with van der Waals surface area (Å²) < 4.78 is 5.18. The van der Waals surface area contributed by atoms with Gasteiger partial charge in [0.1, 0.15) is 6.10 Å². The van der Waals surface area contributed by atoms with E-state index >= 15 is 0 Å². The van der Waals surface area contributed by atoms with Crippen LogP contribution >= 0.6 is 0 Å². The predicted octanol–water partition coefficient (Wildman–Crippen LogP) is 1.35.